The summed E-state index contributed by atoms with van der Waals surface area (Å²) in [6.07, 6.45) is 0.255. The van der Waals surface area contributed by atoms with Gasteiger partial charge >= 0.3 is 12.1 Å². The number of rotatable bonds is 8. The fourth-order valence-electron chi connectivity index (χ4n) is 4.29. The third kappa shape index (κ3) is 4.78. The largest absolute Gasteiger partial charge is 0.481 e. The van der Waals surface area contributed by atoms with Crippen molar-refractivity contribution in [2.24, 2.45) is 7.05 Å². The van der Waals surface area contributed by atoms with Gasteiger partial charge in [-0.3, -0.25) is 14.3 Å². The summed E-state index contributed by atoms with van der Waals surface area (Å²) in [5.74, 6) is -1.97. The smallest absolute Gasteiger partial charge is 0.407 e. The molecule has 1 aliphatic rings. The van der Waals surface area contributed by atoms with E-state index in [-0.39, 0.29) is 19.1 Å². The zero-order chi connectivity index (χ0) is 24.2. The highest BCUT2D eigenvalue weighted by Crippen LogP contribution is 2.44. The number of ether oxygens (including phenoxy) is 1. The van der Waals surface area contributed by atoms with Crippen molar-refractivity contribution in [2.45, 2.75) is 31.8 Å². The highest BCUT2D eigenvalue weighted by Gasteiger charge is 2.30. The Kier molecular flexibility index (Phi) is 6.62. The van der Waals surface area contributed by atoms with Gasteiger partial charge in [-0.05, 0) is 34.7 Å². The second kappa shape index (κ2) is 9.78. The Bertz CT molecular complexity index is 1170. The second-order valence-corrected chi connectivity index (χ2v) is 8.24. The Morgan fingerprint density at radius 3 is 2.26 bits per heavy atom. The molecular formula is C25H26N4O5. The maximum atomic E-state index is 12.6. The number of carbonyl (C=O) groups excluding carboxylic acids is 2. The molecule has 0 radical (unpaired) electrons. The summed E-state index contributed by atoms with van der Waals surface area (Å²) in [7, 11) is 1.75. The lowest BCUT2D eigenvalue weighted by atomic mass is 9.98. The number of hydrogen-bond acceptors (Lipinski definition) is 5. The average Bonchev–Trinajstić information content (AvgIpc) is 3.31. The number of amides is 2. The number of alkyl carbamates (subject to hydrolysis) is 1. The number of fused-ring (bicyclic) bond motifs is 3. The molecule has 1 atom stereocenters. The van der Waals surface area contributed by atoms with Crippen LogP contribution in [0.15, 0.2) is 54.7 Å². The lowest BCUT2D eigenvalue weighted by Crippen LogP contribution is -2.48. The Hall–Kier alpha value is -4.14. The third-order valence-corrected chi connectivity index (χ3v) is 6.03. The van der Waals surface area contributed by atoms with Crippen molar-refractivity contribution in [3.8, 4) is 11.1 Å². The highest BCUT2D eigenvalue weighted by molar-refractivity contribution is 5.89. The number of benzene rings is 2. The summed E-state index contributed by atoms with van der Waals surface area (Å²) in [5, 5.41) is 18.4. The van der Waals surface area contributed by atoms with E-state index in [1.54, 1.807) is 17.9 Å². The summed E-state index contributed by atoms with van der Waals surface area (Å²) in [6, 6.07) is 14.6. The van der Waals surface area contributed by atoms with E-state index in [9.17, 15) is 19.5 Å². The summed E-state index contributed by atoms with van der Waals surface area (Å²) in [6.45, 7) is 2.08. The maximum absolute atomic E-state index is 12.6. The average molecular weight is 463 g/mol. The molecule has 1 unspecified atom stereocenters. The molecule has 0 saturated carbocycles. The van der Waals surface area contributed by atoms with Crippen LogP contribution in [0, 0.1) is 6.92 Å². The van der Waals surface area contributed by atoms with Crippen molar-refractivity contribution in [3.05, 3.63) is 77.1 Å². The SMILES string of the molecule is Cc1cnn(C)c1CNC(=O)C(CC(=O)O)NC(=O)OCC1c2ccccc2-c2ccccc21. The minimum absolute atomic E-state index is 0.0650. The molecule has 1 aliphatic carbocycles. The van der Waals surface area contributed by atoms with Gasteiger partial charge in [0.15, 0.2) is 0 Å². The fraction of sp³-hybridized carbons (Fsp3) is 0.280. The van der Waals surface area contributed by atoms with E-state index < -0.39 is 30.4 Å². The number of carboxylic acid groups (broad SMARTS) is 1. The zero-order valence-corrected chi connectivity index (χ0v) is 18.9. The van der Waals surface area contributed by atoms with Crippen LogP contribution in [0.3, 0.4) is 0 Å². The van der Waals surface area contributed by atoms with Gasteiger partial charge in [-0.15, -0.1) is 0 Å². The molecule has 9 heteroatoms. The van der Waals surface area contributed by atoms with Gasteiger partial charge in [-0.2, -0.15) is 5.10 Å². The molecule has 1 aromatic heterocycles. The molecular weight excluding hydrogens is 436 g/mol. The van der Waals surface area contributed by atoms with E-state index in [0.717, 1.165) is 33.5 Å². The molecule has 2 aromatic carbocycles. The summed E-state index contributed by atoms with van der Waals surface area (Å²) < 4.78 is 7.08. The Balaban J connectivity index is 1.40. The number of carbonyl (C=O) groups is 3. The van der Waals surface area contributed by atoms with Gasteiger partial charge < -0.3 is 20.5 Å². The highest BCUT2D eigenvalue weighted by atomic mass is 16.5. The third-order valence-electron chi connectivity index (χ3n) is 6.03. The van der Waals surface area contributed by atoms with Gasteiger partial charge in [0.05, 0.1) is 24.9 Å². The topological polar surface area (TPSA) is 123 Å². The van der Waals surface area contributed by atoms with Crippen LogP contribution in [0.5, 0.6) is 0 Å². The van der Waals surface area contributed by atoms with Crippen molar-refractivity contribution in [3.63, 3.8) is 0 Å². The van der Waals surface area contributed by atoms with Crippen LogP contribution in [-0.4, -0.2) is 45.5 Å². The predicted octanol–water partition coefficient (Wildman–Crippen LogP) is 2.73. The van der Waals surface area contributed by atoms with Gasteiger partial charge in [0.25, 0.3) is 0 Å². The summed E-state index contributed by atoms with van der Waals surface area (Å²) in [4.78, 5) is 36.5. The van der Waals surface area contributed by atoms with Gasteiger partial charge in [0, 0.05) is 13.0 Å². The number of aryl methyl sites for hydroxylation is 2. The Labute approximate surface area is 196 Å². The quantitative estimate of drug-likeness (QED) is 0.473. The number of nitrogens with one attached hydrogen (secondary N) is 2. The van der Waals surface area contributed by atoms with E-state index in [2.05, 4.69) is 15.7 Å². The van der Waals surface area contributed by atoms with E-state index >= 15 is 0 Å². The molecule has 0 spiro atoms. The molecule has 34 heavy (non-hydrogen) atoms. The van der Waals surface area contributed by atoms with Gasteiger partial charge in [0.1, 0.15) is 12.6 Å². The minimum atomic E-state index is -1.28. The first-order valence-corrected chi connectivity index (χ1v) is 10.9. The number of carboxylic acids is 1. The van der Waals surface area contributed by atoms with Crippen LogP contribution in [0.4, 0.5) is 4.79 Å². The van der Waals surface area contributed by atoms with Crippen LogP contribution in [-0.2, 0) is 27.9 Å². The van der Waals surface area contributed by atoms with Crippen LogP contribution < -0.4 is 10.6 Å². The molecule has 3 N–H and O–H groups in total. The molecule has 9 nitrogen and oxygen atoms in total. The maximum Gasteiger partial charge on any atom is 0.407 e. The Morgan fingerprint density at radius 1 is 1.09 bits per heavy atom. The summed E-state index contributed by atoms with van der Waals surface area (Å²) in [5.41, 5.74) is 5.98. The first-order chi connectivity index (χ1) is 16.3. The fourth-order valence-corrected chi connectivity index (χ4v) is 4.29. The molecule has 0 fully saturated rings. The Morgan fingerprint density at radius 2 is 1.71 bits per heavy atom. The van der Waals surface area contributed by atoms with Crippen LogP contribution >= 0.6 is 0 Å². The lowest BCUT2D eigenvalue weighted by molar-refractivity contribution is -0.139. The normalized spacial score (nSPS) is 13.0. The van der Waals surface area contributed by atoms with Crippen molar-refractivity contribution >= 4 is 18.0 Å². The standard InChI is InChI=1S/C25H26N4O5/c1-15-12-27-29(2)22(15)13-26-24(32)21(11-23(30)31)28-25(33)34-14-20-18-9-5-3-7-16(18)17-8-4-6-10-19(17)20/h3-10,12,20-21H,11,13-14H2,1-2H3,(H,26,32)(H,28,33)(H,30,31). The van der Waals surface area contributed by atoms with E-state index in [1.807, 2.05) is 55.5 Å². The number of aromatic nitrogens is 2. The minimum Gasteiger partial charge on any atom is -0.481 e. The molecule has 0 aliphatic heterocycles. The van der Waals surface area contributed by atoms with Gasteiger partial charge in [0.2, 0.25) is 5.91 Å². The van der Waals surface area contributed by atoms with Crippen molar-refractivity contribution in [2.75, 3.05) is 6.61 Å². The van der Waals surface area contributed by atoms with Crippen LogP contribution in [0.1, 0.15) is 34.7 Å². The molecule has 176 valence electrons. The summed E-state index contributed by atoms with van der Waals surface area (Å²) >= 11 is 0. The molecule has 2 amide bonds. The van der Waals surface area contributed by atoms with E-state index in [4.69, 9.17) is 4.74 Å². The lowest BCUT2D eigenvalue weighted by Gasteiger charge is -2.19. The predicted molar refractivity (Wildman–Crippen MR) is 124 cm³/mol. The second-order valence-electron chi connectivity index (χ2n) is 8.24. The molecule has 3 aromatic rings. The number of nitrogens with zero attached hydrogens (tertiary/aromatic N) is 2. The van der Waals surface area contributed by atoms with E-state index in [1.165, 1.54) is 0 Å². The number of aliphatic carboxylic acids is 1. The molecule has 0 bridgehead atoms. The first kappa shape index (κ1) is 23.0. The monoisotopic (exact) mass is 462 g/mol. The van der Waals surface area contributed by atoms with Crippen LogP contribution in [0.25, 0.3) is 11.1 Å². The molecule has 4 rings (SSSR count). The van der Waals surface area contributed by atoms with Crippen molar-refractivity contribution < 1.29 is 24.2 Å². The van der Waals surface area contributed by atoms with Crippen molar-refractivity contribution in [1.29, 1.82) is 0 Å². The first-order valence-electron chi connectivity index (χ1n) is 10.9. The van der Waals surface area contributed by atoms with E-state index in [0.29, 0.717) is 0 Å². The van der Waals surface area contributed by atoms with Crippen LogP contribution in [0.2, 0.25) is 0 Å². The van der Waals surface area contributed by atoms with Gasteiger partial charge in [-0.25, -0.2) is 4.79 Å². The number of hydrogen-bond donors (Lipinski definition) is 3. The zero-order valence-electron chi connectivity index (χ0n) is 18.9. The van der Waals surface area contributed by atoms with Gasteiger partial charge in [-0.1, -0.05) is 48.5 Å². The molecule has 1 heterocycles. The van der Waals surface area contributed by atoms with Crippen molar-refractivity contribution in [1.82, 2.24) is 20.4 Å². The molecule has 0 saturated heterocycles.